The Labute approximate surface area is 146 Å². The van der Waals surface area contributed by atoms with E-state index in [1.54, 1.807) is 0 Å². The van der Waals surface area contributed by atoms with Gasteiger partial charge in [-0.05, 0) is 49.2 Å². The molecular weight excluding hydrogens is 327 g/mol. The molecule has 120 valence electrons. The van der Waals surface area contributed by atoms with E-state index in [4.69, 9.17) is 28.9 Å². The lowest BCUT2D eigenvalue weighted by Crippen LogP contribution is -2.16. The summed E-state index contributed by atoms with van der Waals surface area (Å²) < 4.78 is 2.24. The maximum atomic E-state index is 6.15. The molecule has 2 N–H and O–H groups in total. The second kappa shape index (κ2) is 6.56. The molecular formula is C19H20Cl2N2. The summed E-state index contributed by atoms with van der Waals surface area (Å²) >= 11 is 12.2. The van der Waals surface area contributed by atoms with Crippen molar-refractivity contribution < 1.29 is 0 Å². The van der Waals surface area contributed by atoms with Gasteiger partial charge in [-0.15, -0.1) is 0 Å². The van der Waals surface area contributed by atoms with Crippen molar-refractivity contribution >= 4 is 34.1 Å². The van der Waals surface area contributed by atoms with E-state index >= 15 is 0 Å². The molecule has 0 spiro atoms. The fourth-order valence-electron chi connectivity index (χ4n) is 3.32. The first kappa shape index (κ1) is 16.4. The Morgan fingerprint density at radius 2 is 1.83 bits per heavy atom. The van der Waals surface area contributed by atoms with Gasteiger partial charge in [-0.2, -0.15) is 0 Å². The van der Waals surface area contributed by atoms with Gasteiger partial charge in [0.25, 0.3) is 0 Å². The van der Waals surface area contributed by atoms with Gasteiger partial charge in [0.2, 0.25) is 0 Å². The number of aromatic nitrogens is 1. The maximum Gasteiger partial charge on any atom is 0.0595 e. The lowest BCUT2D eigenvalue weighted by Gasteiger charge is -2.17. The van der Waals surface area contributed by atoms with Crippen molar-refractivity contribution in [3.05, 3.63) is 69.3 Å². The SMILES string of the molecule is Cc1c(C(CN)Cc2ccc(Cl)c(Cl)c2)c2ccccc2n1C. The zero-order valence-electron chi connectivity index (χ0n) is 13.3. The van der Waals surface area contributed by atoms with Gasteiger partial charge >= 0.3 is 0 Å². The summed E-state index contributed by atoms with van der Waals surface area (Å²) in [4.78, 5) is 0. The number of hydrogen-bond acceptors (Lipinski definition) is 1. The number of nitrogens with two attached hydrogens (primary N) is 1. The van der Waals surface area contributed by atoms with Crippen molar-refractivity contribution in [3.8, 4) is 0 Å². The first-order valence-electron chi connectivity index (χ1n) is 7.70. The molecule has 1 aromatic heterocycles. The lowest BCUT2D eigenvalue weighted by atomic mass is 9.90. The van der Waals surface area contributed by atoms with Gasteiger partial charge in [-0.25, -0.2) is 0 Å². The molecule has 2 aromatic carbocycles. The van der Waals surface area contributed by atoms with E-state index in [-0.39, 0.29) is 5.92 Å². The molecule has 0 bridgehead atoms. The third kappa shape index (κ3) is 2.99. The molecule has 0 saturated heterocycles. The molecule has 0 aliphatic rings. The molecule has 0 aliphatic heterocycles. The van der Waals surface area contributed by atoms with Crippen molar-refractivity contribution in [2.45, 2.75) is 19.3 Å². The molecule has 1 heterocycles. The van der Waals surface area contributed by atoms with Crippen molar-refractivity contribution in [1.29, 1.82) is 0 Å². The van der Waals surface area contributed by atoms with E-state index in [0.717, 1.165) is 12.0 Å². The van der Waals surface area contributed by atoms with Crippen molar-refractivity contribution in [2.75, 3.05) is 6.54 Å². The van der Waals surface area contributed by atoms with Crippen LogP contribution in [0.25, 0.3) is 10.9 Å². The van der Waals surface area contributed by atoms with Crippen LogP contribution in [0.2, 0.25) is 10.0 Å². The number of fused-ring (bicyclic) bond motifs is 1. The summed E-state index contributed by atoms with van der Waals surface area (Å²) in [6.45, 7) is 2.75. The maximum absolute atomic E-state index is 6.15. The molecule has 0 fully saturated rings. The number of para-hydroxylation sites is 1. The highest BCUT2D eigenvalue weighted by molar-refractivity contribution is 6.42. The van der Waals surface area contributed by atoms with Crippen LogP contribution in [0.15, 0.2) is 42.5 Å². The minimum Gasteiger partial charge on any atom is -0.348 e. The minimum atomic E-state index is 0.248. The molecule has 0 radical (unpaired) electrons. The summed E-state index contributed by atoms with van der Waals surface area (Å²) in [5.74, 6) is 0.248. The van der Waals surface area contributed by atoms with Gasteiger partial charge in [0, 0.05) is 29.6 Å². The second-order valence-electron chi connectivity index (χ2n) is 5.96. The Morgan fingerprint density at radius 1 is 1.09 bits per heavy atom. The average Bonchev–Trinajstić information content (AvgIpc) is 2.81. The smallest absolute Gasteiger partial charge is 0.0595 e. The van der Waals surface area contributed by atoms with Crippen LogP contribution in [-0.4, -0.2) is 11.1 Å². The van der Waals surface area contributed by atoms with Gasteiger partial charge in [-0.1, -0.05) is 47.5 Å². The van der Waals surface area contributed by atoms with E-state index in [9.17, 15) is 0 Å². The summed E-state index contributed by atoms with van der Waals surface area (Å²) in [7, 11) is 2.11. The Bertz CT molecular complexity index is 852. The molecule has 3 aromatic rings. The number of hydrogen-bond donors (Lipinski definition) is 1. The van der Waals surface area contributed by atoms with E-state index in [1.807, 2.05) is 18.2 Å². The Morgan fingerprint density at radius 3 is 2.52 bits per heavy atom. The molecule has 0 amide bonds. The number of nitrogens with zero attached hydrogens (tertiary/aromatic N) is 1. The number of rotatable bonds is 4. The lowest BCUT2D eigenvalue weighted by molar-refractivity contribution is 0.688. The zero-order chi connectivity index (χ0) is 16.6. The van der Waals surface area contributed by atoms with Gasteiger partial charge in [-0.3, -0.25) is 0 Å². The van der Waals surface area contributed by atoms with Gasteiger partial charge in [0.1, 0.15) is 0 Å². The summed E-state index contributed by atoms with van der Waals surface area (Å²) in [5.41, 5.74) is 11.1. The van der Waals surface area contributed by atoms with Crippen LogP contribution in [0.5, 0.6) is 0 Å². The van der Waals surface area contributed by atoms with Crippen LogP contribution in [0.1, 0.15) is 22.7 Å². The summed E-state index contributed by atoms with van der Waals surface area (Å²) in [5, 5.41) is 2.46. The fourth-order valence-corrected chi connectivity index (χ4v) is 3.64. The molecule has 3 rings (SSSR count). The summed E-state index contributed by atoms with van der Waals surface area (Å²) in [6, 6.07) is 14.3. The average molecular weight is 347 g/mol. The van der Waals surface area contributed by atoms with E-state index in [2.05, 4.69) is 42.8 Å². The Hall–Kier alpha value is -1.48. The predicted octanol–water partition coefficient (Wildman–Crippen LogP) is 5.08. The molecule has 23 heavy (non-hydrogen) atoms. The molecule has 0 saturated carbocycles. The number of halogens is 2. The minimum absolute atomic E-state index is 0.248. The molecule has 0 aliphatic carbocycles. The van der Waals surface area contributed by atoms with Crippen molar-refractivity contribution in [2.24, 2.45) is 12.8 Å². The quantitative estimate of drug-likeness (QED) is 0.701. The molecule has 1 unspecified atom stereocenters. The van der Waals surface area contributed by atoms with Crippen LogP contribution in [0, 0.1) is 6.92 Å². The first-order valence-corrected chi connectivity index (χ1v) is 8.46. The Kier molecular flexibility index (Phi) is 4.67. The number of aryl methyl sites for hydroxylation is 1. The second-order valence-corrected chi connectivity index (χ2v) is 6.77. The van der Waals surface area contributed by atoms with E-state index in [0.29, 0.717) is 16.6 Å². The third-order valence-corrected chi connectivity index (χ3v) is 5.35. The first-order chi connectivity index (χ1) is 11.0. The van der Waals surface area contributed by atoms with Crippen LogP contribution in [0.4, 0.5) is 0 Å². The highest BCUT2D eigenvalue weighted by Crippen LogP contribution is 2.33. The van der Waals surface area contributed by atoms with E-state index < -0.39 is 0 Å². The molecule has 2 nitrogen and oxygen atoms in total. The number of benzene rings is 2. The van der Waals surface area contributed by atoms with Crippen LogP contribution < -0.4 is 5.73 Å². The molecule has 1 atom stereocenters. The van der Waals surface area contributed by atoms with Crippen LogP contribution >= 0.6 is 23.2 Å². The monoisotopic (exact) mass is 346 g/mol. The fraction of sp³-hybridized carbons (Fsp3) is 0.263. The van der Waals surface area contributed by atoms with Crippen LogP contribution in [0.3, 0.4) is 0 Å². The highest BCUT2D eigenvalue weighted by atomic mass is 35.5. The normalized spacial score (nSPS) is 12.7. The van der Waals surface area contributed by atoms with Gasteiger partial charge in [0.15, 0.2) is 0 Å². The zero-order valence-corrected chi connectivity index (χ0v) is 14.8. The van der Waals surface area contributed by atoms with Crippen molar-refractivity contribution in [3.63, 3.8) is 0 Å². The summed E-state index contributed by atoms with van der Waals surface area (Å²) in [6.07, 6.45) is 0.849. The standard InChI is InChI=1S/C19H20Cl2N2/c1-12-19(15-5-3-4-6-18(15)23(12)2)14(11-22)9-13-7-8-16(20)17(21)10-13/h3-8,10,14H,9,11,22H2,1-2H3. The highest BCUT2D eigenvalue weighted by Gasteiger charge is 2.20. The van der Waals surface area contributed by atoms with Crippen LogP contribution in [-0.2, 0) is 13.5 Å². The van der Waals surface area contributed by atoms with E-state index in [1.165, 1.54) is 22.2 Å². The molecule has 4 heteroatoms. The predicted molar refractivity (Wildman–Crippen MR) is 99.6 cm³/mol. The largest absolute Gasteiger partial charge is 0.348 e. The van der Waals surface area contributed by atoms with Gasteiger partial charge < -0.3 is 10.3 Å². The third-order valence-electron chi connectivity index (χ3n) is 4.61. The topological polar surface area (TPSA) is 30.9 Å². The van der Waals surface area contributed by atoms with Gasteiger partial charge in [0.05, 0.1) is 10.0 Å². The van der Waals surface area contributed by atoms with Crippen molar-refractivity contribution in [1.82, 2.24) is 4.57 Å². The Balaban J connectivity index is 2.04.